The molecule has 2 atom stereocenters. The molecule has 0 nitrogen and oxygen atoms in total. The van der Waals surface area contributed by atoms with Crippen LogP contribution in [-0.4, -0.2) is 0 Å². The van der Waals surface area contributed by atoms with Crippen molar-refractivity contribution in [2.75, 3.05) is 0 Å². The molecule has 88 valence electrons. The molecule has 0 aromatic carbocycles. The van der Waals surface area contributed by atoms with Gasteiger partial charge in [0.05, 0.1) is 0 Å². The second kappa shape index (κ2) is 6.35. The van der Waals surface area contributed by atoms with Crippen molar-refractivity contribution in [3.63, 3.8) is 0 Å². The van der Waals surface area contributed by atoms with Crippen LogP contribution in [0.1, 0.15) is 72.6 Å². The maximum atomic E-state index is 2.35. The Bertz CT molecular complexity index is 212. The van der Waals surface area contributed by atoms with Crippen molar-refractivity contribution >= 4 is 0 Å². The lowest BCUT2D eigenvalue weighted by molar-refractivity contribution is 0.661. The molecule has 1 rings (SSSR count). The van der Waals surface area contributed by atoms with Crippen LogP contribution < -0.4 is 0 Å². The third-order valence-corrected chi connectivity index (χ3v) is 4.05. The Labute approximate surface area is 96.2 Å². The number of hydrogen-bond acceptors (Lipinski definition) is 0. The van der Waals surface area contributed by atoms with Gasteiger partial charge in [-0.2, -0.15) is 0 Å². The Kier molecular flexibility index (Phi) is 5.42. The van der Waals surface area contributed by atoms with Gasteiger partial charge in [0.1, 0.15) is 0 Å². The molecule has 0 spiro atoms. The van der Waals surface area contributed by atoms with Crippen molar-refractivity contribution in [1.29, 1.82) is 0 Å². The summed E-state index contributed by atoms with van der Waals surface area (Å²) in [4.78, 5) is 0. The van der Waals surface area contributed by atoms with E-state index in [2.05, 4.69) is 27.7 Å². The van der Waals surface area contributed by atoms with Gasteiger partial charge in [-0.15, -0.1) is 0 Å². The summed E-state index contributed by atoms with van der Waals surface area (Å²) in [7, 11) is 0. The van der Waals surface area contributed by atoms with Crippen molar-refractivity contribution in [3.05, 3.63) is 11.1 Å². The summed E-state index contributed by atoms with van der Waals surface area (Å²) in [5.41, 5.74) is 3.36. The molecule has 0 saturated heterocycles. The summed E-state index contributed by atoms with van der Waals surface area (Å²) in [6, 6.07) is 0. The van der Waals surface area contributed by atoms with Crippen LogP contribution in [0.2, 0.25) is 0 Å². The van der Waals surface area contributed by atoms with Gasteiger partial charge in [-0.3, -0.25) is 0 Å². The van der Waals surface area contributed by atoms with E-state index in [9.17, 15) is 0 Å². The van der Waals surface area contributed by atoms with E-state index in [1.165, 1.54) is 44.9 Å². The number of allylic oxidation sites excluding steroid dienone is 2. The maximum absolute atomic E-state index is 2.35. The van der Waals surface area contributed by atoms with Gasteiger partial charge in [0.15, 0.2) is 0 Å². The first-order chi connectivity index (χ1) is 7.19. The van der Waals surface area contributed by atoms with Gasteiger partial charge in [0, 0.05) is 0 Å². The molecule has 1 fully saturated rings. The van der Waals surface area contributed by atoms with Crippen LogP contribution >= 0.6 is 0 Å². The maximum Gasteiger partial charge on any atom is -0.0289 e. The third kappa shape index (κ3) is 4.40. The molecule has 1 aliphatic carbocycles. The van der Waals surface area contributed by atoms with Crippen LogP contribution in [-0.2, 0) is 0 Å². The predicted octanol–water partition coefficient (Wildman–Crippen LogP) is 5.34. The molecule has 0 bridgehead atoms. The van der Waals surface area contributed by atoms with Gasteiger partial charge < -0.3 is 0 Å². The molecule has 0 N–H and O–H groups in total. The fourth-order valence-corrected chi connectivity index (χ4v) is 2.48. The number of hydrogen-bond donors (Lipinski definition) is 0. The van der Waals surface area contributed by atoms with E-state index in [1.807, 2.05) is 0 Å². The normalized spacial score (nSPS) is 26.4. The Balaban J connectivity index is 2.23. The van der Waals surface area contributed by atoms with E-state index in [1.54, 1.807) is 11.1 Å². The van der Waals surface area contributed by atoms with Crippen LogP contribution in [0.25, 0.3) is 0 Å². The monoisotopic (exact) mass is 208 g/mol. The van der Waals surface area contributed by atoms with Gasteiger partial charge >= 0.3 is 0 Å². The highest BCUT2D eigenvalue weighted by Gasteiger charge is 2.34. The largest absolute Gasteiger partial charge is 0.0744 e. The molecule has 1 saturated carbocycles. The van der Waals surface area contributed by atoms with E-state index in [4.69, 9.17) is 0 Å². The van der Waals surface area contributed by atoms with E-state index in [-0.39, 0.29) is 0 Å². The van der Waals surface area contributed by atoms with Crippen LogP contribution in [0, 0.1) is 11.8 Å². The first-order valence-corrected chi connectivity index (χ1v) is 6.84. The minimum Gasteiger partial charge on any atom is -0.0744 e. The van der Waals surface area contributed by atoms with E-state index < -0.39 is 0 Å². The van der Waals surface area contributed by atoms with Crippen molar-refractivity contribution in [1.82, 2.24) is 0 Å². The van der Waals surface area contributed by atoms with Gasteiger partial charge in [0.2, 0.25) is 0 Å². The van der Waals surface area contributed by atoms with Gasteiger partial charge in [-0.05, 0) is 51.4 Å². The first-order valence-electron chi connectivity index (χ1n) is 6.84. The summed E-state index contributed by atoms with van der Waals surface area (Å²) in [6.07, 6.45) is 9.74. The second-order valence-corrected chi connectivity index (χ2v) is 5.39. The highest BCUT2D eigenvalue weighted by Crippen LogP contribution is 2.45. The zero-order chi connectivity index (χ0) is 11.3. The molecular weight excluding hydrogens is 180 g/mol. The Morgan fingerprint density at radius 2 is 1.73 bits per heavy atom. The topological polar surface area (TPSA) is 0 Å². The lowest BCUT2D eigenvalue weighted by Crippen LogP contribution is -1.89. The highest BCUT2D eigenvalue weighted by molar-refractivity contribution is 5.12. The zero-order valence-electron chi connectivity index (χ0n) is 11.1. The van der Waals surface area contributed by atoms with Crippen LogP contribution in [0.15, 0.2) is 11.1 Å². The molecule has 0 radical (unpaired) electrons. The quantitative estimate of drug-likeness (QED) is 0.391. The standard InChI is InChI=1S/C15H28/c1-5-7-8-9-12(3)13(4)10-15-11-14(15)6-2/h14-15H,5-11H2,1-4H3. The first kappa shape index (κ1) is 12.8. The molecule has 15 heavy (non-hydrogen) atoms. The molecular formula is C15H28. The Morgan fingerprint density at radius 1 is 1.00 bits per heavy atom. The van der Waals surface area contributed by atoms with E-state index >= 15 is 0 Å². The average molecular weight is 208 g/mol. The molecule has 0 heteroatoms. The smallest absolute Gasteiger partial charge is 0.0289 e. The fraction of sp³-hybridized carbons (Fsp3) is 0.867. The molecule has 0 aliphatic heterocycles. The SMILES string of the molecule is CCCCCC(C)=C(C)CC1CC1CC. The lowest BCUT2D eigenvalue weighted by Gasteiger charge is -2.07. The van der Waals surface area contributed by atoms with Crippen LogP contribution in [0.3, 0.4) is 0 Å². The lowest BCUT2D eigenvalue weighted by atomic mass is 9.99. The van der Waals surface area contributed by atoms with Crippen molar-refractivity contribution in [2.24, 2.45) is 11.8 Å². The van der Waals surface area contributed by atoms with E-state index in [0.717, 1.165) is 11.8 Å². The van der Waals surface area contributed by atoms with Crippen molar-refractivity contribution < 1.29 is 0 Å². The fourth-order valence-electron chi connectivity index (χ4n) is 2.48. The van der Waals surface area contributed by atoms with Gasteiger partial charge in [-0.1, -0.05) is 44.3 Å². The Morgan fingerprint density at radius 3 is 2.27 bits per heavy atom. The van der Waals surface area contributed by atoms with Crippen LogP contribution in [0.4, 0.5) is 0 Å². The molecule has 0 amide bonds. The van der Waals surface area contributed by atoms with Crippen molar-refractivity contribution in [3.8, 4) is 0 Å². The zero-order valence-corrected chi connectivity index (χ0v) is 11.1. The van der Waals surface area contributed by atoms with Crippen molar-refractivity contribution in [2.45, 2.75) is 72.6 Å². The summed E-state index contributed by atoms with van der Waals surface area (Å²) >= 11 is 0. The molecule has 0 heterocycles. The predicted molar refractivity (Wildman–Crippen MR) is 69.0 cm³/mol. The number of unbranched alkanes of at least 4 members (excludes halogenated alkanes) is 2. The summed E-state index contributed by atoms with van der Waals surface area (Å²) in [6.45, 7) is 9.31. The highest BCUT2D eigenvalue weighted by atomic mass is 14.4. The minimum atomic E-state index is 1.04. The molecule has 0 aromatic heterocycles. The minimum absolute atomic E-state index is 1.04. The third-order valence-electron chi connectivity index (χ3n) is 4.05. The van der Waals surface area contributed by atoms with Gasteiger partial charge in [-0.25, -0.2) is 0 Å². The second-order valence-electron chi connectivity index (χ2n) is 5.39. The average Bonchev–Trinajstić information content (AvgIpc) is 2.96. The summed E-state index contributed by atoms with van der Waals surface area (Å²) in [5.74, 6) is 2.10. The summed E-state index contributed by atoms with van der Waals surface area (Å²) < 4.78 is 0. The molecule has 1 aliphatic rings. The Hall–Kier alpha value is -0.260. The molecule has 0 aromatic rings. The number of rotatable bonds is 7. The van der Waals surface area contributed by atoms with Crippen LogP contribution in [0.5, 0.6) is 0 Å². The van der Waals surface area contributed by atoms with E-state index in [0.29, 0.717) is 0 Å². The molecule has 2 unspecified atom stereocenters. The van der Waals surface area contributed by atoms with Gasteiger partial charge in [0.25, 0.3) is 0 Å². The summed E-state index contributed by atoms with van der Waals surface area (Å²) in [5, 5.41) is 0.